The Labute approximate surface area is 112 Å². The Morgan fingerprint density at radius 2 is 1.90 bits per heavy atom. The number of methoxy groups -OCH3 is 2. The third-order valence-electron chi connectivity index (χ3n) is 3.00. The fraction of sp³-hybridized carbons (Fsp3) is 0.308. The number of carbonyl (C=O) groups is 1. The van der Waals surface area contributed by atoms with Crippen LogP contribution in [0.5, 0.6) is 5.75 Å². The summed E-state index contributed by atoms with van der Waals surface area (Å²) in [6.07, 6.45) is -4.57. The summed E-state index contributed by atoms with van der Waals surface area (Å²) in [4.78, 5) is 14.5. The minimum Gasteiger partial charge on any atom is -0.496 e. The Bertz CT molecular complexity index is 674. The van der Waals surface area contributed by atoms with E-state index in [0.717, 1.165) is 13.2 Å². The van der Waals surface area contributed by atoms with Crippen LogP contribution in [-0.2, 0) is 10.9 Å². The first-order chi connectivity index (χ1) is 9.29. The zero-order valence-corrected chi connectivity index (χ0v) is 11.0. The molecule has 1 aromatic heterocycles. The summed E-state index contributed by atoms with van der Waals surface area (Å²) < 4.78 is 48.3. The van der Waals surface area contributed by atoms with E-state index in [1.807, 2.05) is 0 Å². The van der Waals surface area contributed by atoms with Gasteiger partial charge < -0.3 is 14.5 Å². The van der Waals surface area contributed by atoms with E-state index in [2.05, 4.69) is 9.72 Å². The number of hydrogen-bond acceptors (Lipinski definition) is 3. The van der Waals surface area contributed by atoms with Crippen LogP contribution in [-0.4, -0.2) is 25.2 Å². The highest BCUT2D eigenvalue weighted by Crippen LogP contribution is 2.39. The molecule has 0 aliphatic heterocycles. The summed E-state index contributed by atoms with van der Waals surface area (Å²) in [5.41, 5.74) is -0.0201. The van der Waals surface area contributed by atoms with Crippen molar-refractivity contribution < 1.29 is 27.4 Å². The molecule has 0 radical (unpaired) electrons. The molecule has 2 aromatic rings. The number of benzene rings is 1. The minimum absolute atomic E-state index is 0.0932. The fourth-order valence-corrected chi connectivity index (χ4v) is 2.11. The van der Waals surface area contributed by atoms with Crippen LogP contribution in [0.2, 0.25) is 0 Å². The molecule has 0 fully saturated rings. The molecule has 108 valence electrons. The first-order valence-electron chi connectivity index (χ1n) is 5.65. The zero-order valence-electron chi connectivity index (χ0n) is 11.0. The number of alkyl halides is 3. The molecule has 0 aliphatic carbocycles. The quantitative estimate of drug-likeness (QED) is 0.862. The molecular formula is C13H12F3NO3. The standard InChI is InChI=1S/C13H12F3NO3/c1-6-11(12(18)20-3)7-4-8(13(14,15)16)10(19-2)5-9(7)17-6/h4-5,17H,1-3H3. The number of H-pyrrole nitrogens is 1. The van der Waals surface area contributed by atoms with Gasteiger partial charge in [0.2, 0.25) is 0 Å². The van der Waals surface area contributed by atoms with Crippen LogP contribution >= 0.6 is 0 Å². The topological polar surface area (TPSA) is 51.3 Å². The van der Waals surface area contributed by atoms with Crippen molar-refractivity contribution >= 4 is 16.9 Å². The van der Waals surface area contributed by atoms with Crippen LogP contribution in [0.4, 0.5) is 13.2 Å². The average Bonchev–Trinajstić information content (AvgIpc) is 2.70. The second-order valence-corrected chi connectivity index (χ2v) is 4.21. The number of aromatic nitrogens is 1. The second kappa shape index (κ2) is 4.73. The molecule has 0 aliphatic rings. The number of fused-ring (bicyclic) bond motifs is 1. The van der Waals surface area contributed by atoms with E-state index in [9.17, 15) is 18.0 Å². The maximum absolute atomic E-state index is 13.0. The largest absolute Gasteiger partial charge is 0.496 e. The number of rotatable bonds is 2. The van der Waals surface area contributed by atoms with E-state index >= 15 is 0 Å². The van der Waals surface area contributed by atoms with Gasteiger partial charge in [0.15, 0.2) is 0 Å². The number of esters is 1. The number of halogens is 3. The van der Waals surface area contributed by atoms with Gasteiger partial charge in [-0.3, -0.25) is 0 Å². The van der Waals surface area contributed by atoms with Crippen LogP contribution in [0, 0.1) is 6.92 Å². The van der Waals surface area contributed by atoms with Crippen LogP contribution in [0.15, 0.2) is 12.1 Å². The Balaban J connectivity index is 2.80. The van der Waals surface area contributed by atoms with Crippen molar-refractivity contribution in [2.45, 2.75) is 13.1 Å². The Morgan fingerprint density at radius 3 is 2.40 bits per heavy atom. The van der Waals surface area contributed by atoms with Crippen molar-refractivity contribution in [1.82, 2.24) is 4.98 Å². The number of aryl methyl sites for hydroxylation is 1. The monoisotopic (exact) mass is 287 g/mol. The molecule has 1 aromatic carbocycles. The van der Waals surface area contributed by atoms with Gasteiger partial charge in [0, 0.05) is 17.1 Å². The van der Waals surface area contributed by atoms with Crippen molar-refractivity contribution in [3.8, 4) is 5.75 Å². The van der Waals surface area contributed by atoms with E-state index in [0.29, 0.717) is 11.2 Å². The van der Waals surface area contributed by atoms with Gasteiger partial charge in [-0.2, -0.15) is 13.2 Å². The molecule has 0 saturated heterocycles. The summed E-state index contributed by atoms with van der Waals surface area (Å²) in [5, 5.41) is 0.155. The molecule has 0 bridgehead atoms. The van der Waals surface area contributed by atoms with E-state index in [-0.39, 0.29) is 16.7 Å². The van der Waals surface area contributed by atoms with Gasteiger partial charge in [-0.15, -0.1) is 0 Å². The van der Waals surface area contributed by atoms with Gasteiger partial charge in [0.1, 0.15) is 5.75 Å². The van der Waals surface area contributed by atoms with Crippen molar-refractivity contribution in [3.63, 3.8) is 0 Å². The van der Waals surface area contributed by atoms with E-state index in [1.165, 1.54) is 13.2 Å². The number of carbonyl (C=O) groups excluding carboxylic acids is 1. The van der Waals surface area contributed by atoms with Crippen LogP contribution in [0.1, 0.15) is 21.6 Å². The second-order valence-electron chi connectivity index (χ2n) is 4.21. The minimum atomic E-state index is -4.57. The van der Waals surface area contributed by atoms with Crippen molar-refractivity contribution in [2.75, 3.05) is 14.2 Å². The van der Waals surface area contributed by atoms with Crippen LogP contribution < -0.4 is 4.74 Å². The van der Waals surface area contributed by atoms with E-state index in [1.54, 1.807) is 6.92 Å². The van der Waals surface area contributed by atoms with Gasteiger partial charge in [0.05, 0.1) is 30.9 Å². The Hall–Kier alpha value is -2.18. The lowest BCUT2D eigenvalue weighted by atomic mass is 10.1. The SMILES string of the molecule is COC(=O)c1c(C)[nH]c2cc(OC)c(C(F)(F)F)cc12. The van der Waals surface area contributed by atoms with Crippen molar-refractivity contribution in [2.24, 2.45) is 0 Å². The van der Waals surface area contributed by atoms with Crippen molar-refractivity contribution in [1.29, 1.82) is 0 Å². The number of nitrogens with one attached hydrogen (secondary N) is 1. The van der Waals surface area contributed by atoms with Gasteiger partial charge in [-0.1, -0.05) is 0 Å². The smallest absolute Gasteiger partial charge is 0.419 e. The molecule has 0 spiro atoms. The number of ether oxygens (including phenoxy) is 2. The molecule has 0 unspecified atom stereocenters. The molecule has 0 saturated carbocycles. The highest BCUT2D eigenvalue weighted by atomic mass is 19.4. The molecule has 20 heavy (non-hydrogen) atoms. The summed E-state index contributed by atoms with van der Waals surface area (Å²) in [5.74, 6) is -0.991. The highest BCUT2D eigenvalue weighted by Gasteiger charge is 2.35. The fourth-order valence-electron chi connectivity index (χ4n) is 2.11. The zero-order chi connectivity index (χ0) is 15.1. The summed E-state index contributed by atoms with van der Waals surface area (Å²) in [6.45, 7) is 1.59. The lowest BCUT2D eigenvalue weighted by Crippen LogP contribution is -2.08. The predicted octanol–water partition coefficient (Wildman–Crippen LogP) is 3.29. The first kappa shape index (κ1) is 14.2. The summed E-state index contributed by atoms with van der Waals surface area (Å²) in [6, 6.07) is 2.11. The summed E-state index contributed by atoms with van der Waals surface area (Å²) >= 11 is 0. The molecule has 0 atom stereocenters. The average molecular weight is 287 g/mol. The van der Waals surface area contributed by atoms with E-state index < -0.39 is 17.7 Å². The maximum atomic E-state index is 13.0. The molecular weight excluding hydrogens is 275 g/mol. The lowest BCUT2D eigenvalue weighted by molar-refractivity contribution is -0.138. The highest BCUT2D eigenvalue weighted by molar-refractivity contribution is 6.06. The molecule has 1 N–H and O–H groups in total. The molecule has 2 rings (SSSR count). The molecule has 4 nitrogen and oxygen atoms in total. The van der Waals surface area contributed by atoms with Gasteiger partial charge in [-0.25, -0.2) is 4.79 Å². The maximum Gasteiger partial charge on any atom is 0.419 e. The van der Waals surface area contributed by atoms with Gasteiger partial charge in [0.25, 0.3) is 0 Å². The third-order valence-corrected chi connectivity index (χ3v) is 3.00. The van der Waals surface area contributed by atoms with Crippen LogP contribution in [0.25, 0.3) is 10.9 Å². The van der Waals surface area contributed by atoms with Crippen LogP contribution in [0.3, 0.4) is 0 Å². The summed E-state index contributed by atoms with van der Waals surface area (Å²) in [7, 11) is 2.34. The lowest BCUT2D eigenvalue weighted by Gasteiger charge is -2.12. The Kier molecular flexibility index (Phi) is 3.37. The Morgan fingerprint density at radius 1 is 1.25 bits per heavy atom. The predicted molar refractivity (Wildman–Crippen MR) is 65.9 cm³/mol. The van der Waals surface area contributed by atoms with Gasteiger partial charge in [-0.05, 0) is 13.0 Å². The first-order valence-corrected chi connectivity index (χ1v) is 5.65. The number of hydrogen-bond donors (Lipinski definition) is 1. The molecule has 0 amide bonds. The van der Waals surface area contributed by atoms with Crippen molar-refractivity contribution in [3.05, 3.63) is 29.0 Å². The molecule has 1 heterocycles. The normalized spacial score (nSPS) is 11.7. The molecule has 7 heteroatoms. The van der Waals surface area contributed by atoms with Gasteiger partial charge >= 0.3 is 12.1 Å². The number of aromatic amines is 1. The third kappa shape index (κ3) is 2.19. The van der Waals surface area contributed by atoms with E-state index in [4.69, 9.17) is 4.74 Å².